The van der Waals surface area contributed by atoms with Gasteiger partial charge in [-0.3, -0.25) is 9.88 Å². The largest absolute Gasteiger partial charge is 0.481 e. The Labute approximate surface area is 118 Å². The summed E-state index contributed by atoms with van der Waals surface area (Å²) in [4.78, 5) is 15.2. The maximum Gasteiger partial charge on any atom is 0.219 e. The second kappa shape index (κ2) is 5.96. The van der Waals surface area contributed by atoms with E-state index >= 15 is 0 Å². The lowest BCUT2D eigenvalue weighted by atomic mass is 10.1. The molecule has 2 aromatic heterocycles. The van der Waals surface area contributed by atoms with E-state index < -0.39 is 0 Å². The third-order valence-corrected chi connectivity index (χ3v) is 3.66. The quantitative estimate of drug-likeness (QED) is 0.845. The van der Waals surface area contributed by atoms with E-state index in [9.17, 15) is 0 Å². The fourth-order valence-electron chi connectivity index (χ4n) is 2.63. The van der Waals surface area contributed by atoms with Crippen molar-refractivity contribution in [2.24, 2.45) is 0 Å². The first-order valence-corrected chi connectivity index (χ1v) is 6.85. The molecule has 20 heavy (non-hydrogen) atoms. The smallest absolute Gasteiger partial charge is 0.219 e. The van der Waals surface area contributed by atoms with Crippen molar-refractivity contribution >= 4 is 0 Å². The molecule has 0 unspecified atom stereocenters. The molecule has 3 heterocycles. The normalized spacial score (nSPS) is 15.4. The Hall–Kier alpha value is -2.01. The van der Waals surface area contributed by atoms with Crippen LogP contribution in [0.1, 0.15) is 16.8 Å². The van der Waals surface area contributed by atoms with Crippen molar-refractivity contribution < 1.29 is 4.74 Å². The molecule has 3 rings (SSSR count). The minimum Gasteiger partial charge on any atom is -0.481 e. The number of nitrogens with zero attached hydrogens (tertiary/aromatic N) is 4. The highest BCUT2D eigenvalue weighted by atomic mass is 16.5. The maximum atomic E-state index is 5.34. The molecule has 1 aliphatic heterocycles. The van der Waals surface area contributed by atoms with Gasteiger partial charge < -0.3 is 4.74 Å². The Morgan fingerprint density at radius 3 is 2.95 bits per heavy atom. The van der Waals surface area contributed by atoms with Gasteiger partial charge in [0.1, 0.15) is 6.33 Å². The molecule has 5 nitrogen and oxygen atoms in total. The van der Waals surface area contributed by atoms with E-state index in [2.05, 4.69) is 25.9 Å². The van der Waals surface area contributed by atoms with E-state index in [0.717, 1.165) is 49.6 Å². The number of aromatic nitrogens is 3. The molecule has 0 saturated carbocycles. The topological polar surface area (TPSA) is 51.1 Å². The van der Waals surface area contributed by atoms with Gasteiger partial charge in [0.15, 0.2) is 0 Å². The third kappa shape index (κ3) is 2.77. The van der Waals surface area contributed by atoms with Gasteiger partial charge in [0.05, 0.1) is 12.8 Å². The fourth-order valence-corrected chi connectivity index (χ4v) is 2.63. The molecule has 0 spiro atoms. The summed E-state index contributed by atoms with van der Waals surface area (Å²) in [5, 5.41) is 0. The summed E-state index contributed by atoms with van der Waals surface area (Å²) in [5.74, 6) is 0.721. The minimum absolute atomic E-state index is 0.721. The monoisotopic (exact) mass is 270 g/mol. The van der Waals surface area contributed by atoms with Gasteiger partial charge in [0.2, 0.25) is 5.88 Å². The zero-order valence-corrected chi connectivity index (χ0v) is 11.6. The van der Waals surface area contributed by atoms with Crippen molar-refractivity contribution in [1.82, 2.24) is 19.9 Å². The minimum atomic E-state index is 0.721. The molecule has 1 aliphatic rings. The molecule has 104 valence electrons. The zero-order valence-electron chi connectivity index (χ0n) is 11.6. The summed E-state index contributed by atoms with van der Waals surface area (Å²) in [5.41, 5.74) is 3.52. The first kappa shape index (κ1) is 13.0. The van der Waals surface area contributed by atoms with Crippen molar-refractivity contribution in [3.05, 3.63) is 47.7 Å². The predicted molar refractivity (Wildman–Crippen MR) is 75.5 cm³/mol. The molecule has 0 radical (unpaired) electrons. The number of fused-ring (bicyclic) bond motifs is 1. The van der Waals surface area contributed by atoms with Crippen molar-refractivity contribution in [2.45, 2.75) is 19.4 Å². The second-order valence-electron chi connectivity index (χ2n) is 4.95. The van der Waals surface area contributed by atoms with Crippen LogP contribution < -0.4 is 4.74 Å². The fraction of sp³-hybridized carbons (Fsp3) is 0.400. The Morgan fingerprint density at radius 2 is 2.15 bits per heavy atom. The van der Waals surface area contributed by atoms with Crippen LogP contribution in [0, 0.1) is 0 Å². The van der Waals surface area contributed by atoms with Gasteiger partial charge in [0, 0.05) is 44.0 Å². The Bertz CT molecular complexity index is 573. The Morgan fingerprint density at radius 1 is 1.25 bits per heavy atom. The maximum absolute atomic E-state index is 5.34. The van der Waals surface area contributed by atoms with E-state index in [4.69, 9.17) is 4.74 Å². The lowest BCUT2D eigenvalue weighted by Gasteiger charge is -2.19. The van der Waals surface area contributed by atoms with E-state index in [1.54, 1.807) is 13.4 Å². The number of rotatable bonds is 3. The molecule has 2 aromatic rings. The highest BCUT2D eigenvalue weighted by Gasteiger charge is 2.18. The van der Waals surface area contributed by atoms with Gasteiger partial charge in [-0.2, -0.15) is 0 Å². The standard InChI is InChI=1S/C15H18N4O/c1-20-15-13-4-7-19(8-5-14(13)17-11-18-15)10-12-3-2-6-16-9-12/h2-3,6,9,11H,4-5,7-8,10H2,1H3. The summed E-state index contributed by atoms with van der Waals surface area (Å²) in [6.07, 6.45) is 7.20. The van der Waals surface area contributed by atoms with Crippen LogP contribution in [0.5, 0.6) is 5.88 Å². The average molecular weight is 270 g/mol. The van der Waals surface area contributed by atoms with Gasteiger partial charge >= 0.3 is 0 Å². The molecule has 0 bridgehead atoms. The number of pyridine rings is 1. The number of hydrogen-bond acceptors (Lipinski definition) is 5. The summed E-state index contributed by atoms with van der Waals surface area (Å²) in [6, 6.07) is 4.10. The van der Waals surface area contributed by atoms with Crippen LogP contribution in [-0.2, 0) is 19.4 Å². The third-order valence-electron chi connectivity index (χ3n) is 3.66. The molecule has 0 N–H and O–H groups in total. The summed E-state index contributed by atoms with van der Waals surface area (Å²) in [7, 11) is 1.67. The molecule has 0 fully saturated rings. The van der Waals surface area contributed by atoms with Crippen molar-refractivity contribution in [3.8, 4) is 5.88 Å². The Kier molecular flexibility index (Phi) is 3.87. The molecule has 0 aliphatic carbocycles. The van der Waals surface area contributed by atoms with Gasteiger partial charge in [-0.05, 0) is 18.1 Å². The molecule has 5 heteroatoms. The average Bonchev–Trinajstić information content (AvgIpc) is 2.71. The number of methoxy groups -OCH3 is 1. The number of hydrogen-bond donors (Lipinski definition) is 0. The molecular weight excluding hydrogens is 252 g/mol. The lowest BCUT2D eigenvalue weighted by Crippen LogP contribution is -2.26. The summed E-state index contributed by atoms with van der Waals surface area (Å²) in [6.45, 7) is 2.92. The molecule has 0 amide bonds. The van der Waals surface area contributed by atoms with Crippen LogP contribution in [0.4, 0.5) is 0 Å². The van der Waals surface area contributed by atoms with E-state index in [1.807, 2.05) is 18.5 Å². The first-order chi connectivity index (χ1) is 9.86. The van der Waals surface area contributed by atoms with Gasteiger partial charge in [-0.15, -0.1) is 0 Å². The van der Waals surface area contributed by atoms with Crippen LogP contribution in [0.25, 0.3) is 0 Å². The Balaban J connectivity index is 1.73. The van der Waals surface area contributed by atoms with Gasteiger partial charge in [-0.1, -0.05) is 6.07 Å². The predicted octanol–water partition coefficient (Wildman–Crippen LogP) is 1.48. The van der Waals surface area contributed by atoms with Crippen LogP contribution >= 0.6 is 0 Å². The summed E-state index contributed by atoms with van der Waals surface area (Å²) < 4.78 is 5.34. The van der Waals surface area contributed by atoms with Crippen LogP contribution in [-0.4, -0.2) is 40.1 Å². The molecule has 0 atom stereocenters. The second-order valence-corrected chi connectivity index (χ2v) is 4.95. The van der Waals surface area contributed by atoms with Gasteiger partial charge in [0.25, 0.3) is 0 Å². The van der Waals surface area contributed by atoms with Crippen molar-refractivity contribution in [2.75, 3.05) is 20.2 Å². The van der Waals surface area contributed by atoms with E-state index in [-0.39, 0.29) is 0 Å². The van der Waals surface area contributed by atoms with Crippen LogP contribution in [0.2, 0.25) is 0 Å². The highest BCUT2D eigenvalue weighted by molar-refractivity contribution is 5.31. The van der Waals surface area contributed by atoms with E-state index in [0.29, 0.717) is 0 Å². The molecule has 0 saturated heterocycles. The highest BCUT2D eigenvalue weighted by Crippen LogP contribution is 2.22. The van der Waals surface area contributed by atoms with Crippen LogP contribution in [0.15, 0.2) is 30.9 Å². The zero-order chi connectivity index (χ0) is 13.8. The first-order valence-electron chi connectivity index (χ1n) is 6.85. The summed E-state index contributed by atoms with van der Waals surface area (Å²) >= 11 is 0. The number of ether oxygens (including phenoxy) is 1. The van der Waals surface area contributed by atoms with Crippen molar-refractivity contribution in [1.29, 1.82) is 0 Å². The van der Waals surface area contributed by atoms with Crippen molar-refractivity contribution in [3.63, 3.8) is 0 Å². The van der Waals surface area contributed by atoms with Gasteiger partial charge in [-0.25, -0.2) is 9.97 Å². The molecule has 0 aromatic carbocycles. The van der Waals surface area contributed by atoms with Crippen LogP contribution in [0.3, 0.4) is 0 Å². The van der Waals surface area contributed by atoms with E-state index in [1.165, 1.54) is 5.56 Å². The molecular formula is C15H18N4O. The lowest BCUT2D eigenvalue weighted by molar-refractivity contribution is 0.278. The SMILES string of the molecule is COc1ncnc2c1CCN(Cc1cccnc1)CC2.